The smallest absolute Gasteiger partial charge is 0.256 e. The lowest BCUT2D eigenvalue weighted by atomic mass is 9.94. The van der Waals surface area contributed by atoms with Crippen molar-refractivity contribution in [2.45, 2.75) is 51.1 Å². The minimum atomic E-state index is -0.262. The van der Waals surface area contributed by atoms with Crippen molar-refractivity contribution in [1.82, 2.24) is 25.2 Å². The number of nitrogens with zero attached hydrogens (tertiary/aromatic N) is 4. The first-order valence-electron chi connectivity index (χ1n) is 10.9. The highest BCUT2D eigenvalue weighted by atomic mass is 16.2. The van der Waals surface area contributed by atoms with Crippen LogP contribution >= 0.6 is 0 Å². The summed E-state index contributed by atoms with van der Waals surface area (Å²) >= 11 is 0. The zero-order chi connectivity index (χ0) is 21.4. The lowest BCUT2D eigenvalue weighted by Crippen LogP contribution is -2.40. The molecule has 2 aliphatic rings. The third-order valence-corrected chi connectivity index (χ3v) is 6.04. The molecule has 2 amide bonds. The van der Waals surface area contributed by atoms with Crippen LogP contribution in [0.1, 0.15) is 70.4 Å². The number of likely N-dealkylation sites (tertiary alicyclic amines) is 1. The van der Waals surface area contributed by atoms with Gasteiger partial charge >= 0.3 is 0 Å². The molecule has 0 unspecified atom stereocenters. The Labute approximate surface area is 180 Å². The fraction of sp³-hybridized carbons (Fsp3) is 0.375. The van der Waals surface area contributed by atoms with Crippen LogP contribution in [0.25, 0.3) is 10.9 Å². The molecule has 2 fully saturated rings. The lowest BCUT2D eigenvalue weighted by Gasteiger charge is -2.36. The maximum atomic E-state index is 13.7. The van der Waals surface area contributed by atoms with Crippen molar-refractivity contribution >= 4 is 22.7 Å². The molecule has 158 valence electrons. The molecular weight excluding hydrogens is 390 g/mol. The number of nitrogens with one attached hydrogen (secondary N) is 1. The second kappa shape index (κ2) is 8.06. The van der Waals surface area contributed by atoms with Crippen LogP contribution in [-0.4, -0.2) is 44.3 Å². The highest BCUT2D eigenvalue weighted by Crippen LogP contribution is 2.34. The Morgan fingerprint density at radius 3 is 2.71 bits per heavy atom. The number of rotatable bonds is 4. The SMILES string of the molecule is Cc1ncc(C(=O)NC2CC2)c([C@H]2CCCCN2C(=O)c2cccc3cccnc23)n1. The van der Waals surface area contributed by atoms with E-state index < -0.39 is 0 Å². The maximum absolute atomic E-state index is 13.7. The maximum Gasteiger partial charge on any atom is 0.256 e. The number of carbonyl (C=O) groups is 2. The van der Waals surface area contributed by atoms with Gasteiger partial charge in [-0.1, -0.05) is 18.2 Å². The van der Waals surface area contributed by atoms with Crippen LogP contribution in [0, 0.1) is 6.92 Å². The van der Waals surface area contributed by atoms with Gasteiger partial charge in [0.05, 0.1) is 28.4 Å². The van der Waals surface area contributed by atoms with E-state index in [1.165, 1.54) is 0 Å². The Kier molecular flexibility index (Phi) is 5.10. The van der Waals surface area contributed by atoms with Gasteiger partial charge in [-0.05, 0) is 51.2 Å². The average Bonchev–Trinajstić information content (AvgIpc) is 3.62. The highest BCUT2D eigenvalue weighted by Gasteiger charge is 2.34. The Hall–Kier alpha value is -3.35. The number of aromatic nitrogens is 3. The number of piperidine rings is 1. The molecule has 7 heteroatoms. The third kappa shape index (κ3) is 3.87. The van der Waals surface area contributed by atoms with Crippen molar-refractivity contribution < 1.29 is 9.59 Å². The van der Waals surface area contributed by atoms with Crippen molar-refractivity contribution in [2.75, 3.05) is 6.54 Å². The zero-order valence-electron chi connectivity index (χ0n) is 17.5. The highest BCUT2D eigenvalue weighted by molar-refractivity contribution is 6.05. The van der Waals surface area contributed by atoms with E-state index in [2.05, 4.69) is 20.3 Å². The molecule has 0 radical (unpaired) electrons. The van der Waals surface area contributed by atoms with Gasteiger partial charge in [-0.2, -0.15) is 0 Å². The van der Waals surface area contributed by atoms with Crippen molar-refractivity contribution in [3.8, 4) is 0 Å². The molecule has 3 aromatic rings. The number of benzene rings is 1. The number of aryl methyl sites for hydroxylation is 1. The Morgan fingerprint density at radius 1 is 1.03 bits per heavy atom. The summed E-state index contributed by atoms with van der Waals surface area (Å²) in [6, 6.07) is 9.49. The number of para-hydroxylation sites is 1. The normalized spacial score (nSPS) is 18.7. The molecule has 7 nitrogen and oxygen atoms in total. The fourth-order valence-electron chi connectivity index (χ4n) is 4.30. The van der Waals surface area contributed by atoms with E-state index in [0.717, 1.165) is 37.5 Å². The van der Waals surface area contributed by atoms with Crippen LogP contribution in [0.4, 0.5) is 0 Å². The van der Waals surface area contributed by atoms with Crippen molar-refractivity contribution in [2.24, 2.45) is 0 Å². The van der Waals surface area contributed by atoms with E-state index in [9.17, 15) is 9.59 Å². The molecule has 0 bridgehead atoms. The van der Waals surface area contributed by atoms with Gasteiger partial charge in [0.25, 0.3) is 11.8 Å². The molecule has 0 spiro atoms. The quantitative estimate of drug-likeness (QED) is 0.703. The Morgan fingerprint density at radius 2 is 1.87 bits per heavy atom. The second-order valence-corrected chi connectivity index (χ2v) is 8.35. The molecule has 31 heavy (non-hydrogen) atoms. The van der Waals surface area contributed by atoms with E-state index in [-0.39, 0.29) is 23.9 Å². The minimum Gasteiger partial charge on any atom is -0.349 e. The number of carbonyl (C=O) groups excluding carboxylic acids is 2. The lowest BCUT2D eigenvalue weighted by molar-refractivity contribution is 0.0603. The zero-order valence-corrected chi connectivity index (χ0v) is 17.5. The van der Waals surface area contributed by atoms with Crippen LogP contribution in [0.2, 0.25) is 0 Å². The first-order chi connectivity index (χ1) is 15.1. The Balaban J connectivity index is 1.53. The summed E-state index contributed by atoms with van der Waals surface area (Å²) in [7, 11) is 0. The summed E-state index contributed by atoms with van der Waals surface area (Å²) in [6.45, 7) is 2.44. The molecule has 3 heterocycles. The van der Waals surface area contributed by atoms with Gasteiger partial charge in [-0.15, -0.1) is 0 Å². The first-order valence-corrected chi connectivity index (χ1v) is 10.9. The number of fused-ring (bicyclic) bond motifs is 1. The van der Waals surface area contributed by atoms with Gasteiger partial charge in [0.2, 0.25) is 0 Å². The van der Waals surface area contributed by atoms with Crippen LogP contribution in [0.5, 0.6) is 0 Å². The fourth-order valence-corrected chi connectivity index (χ4v) is 4.30. The molecule has 1 aliphatic heterocycles. The van der Waals surface area contributed by atoms with Crippen molar-refractivity contribution in [3.05, 3.63) is 65.4 Å². The predicted octanol–water partition coefficient (Wildman–Crippen LogP) is 3.59. The molecule has 1 aliphatic carbocycles. The van der Waals surface area contributed by atoms with Crippen molar-refractivity contribution in [1.29, 1.82) is 0 Å². The van der Waals surface area contributed by atoms with E-state index in [0.29, 0.717) is 34.7 Å². The number of hydrogen-bond donors (Lipinski definition) is 1. The standard InChI is InChI=1S/C24H25N5O2/c1-15-26-14-19(23(30)28-17-10-11-17)22(27-15)20-9-2-3-13-29(20)24(31)18-8-4-6-16-7-5-12-25-21(16)18/h4-8,12,14,17,20H,2-3,9-11,13H2,1H3,(H,28,30)/t20-/m1/s1. The number of amides is 2. The topological polar surface area (TPSA) is 88.1 Å². The summed E-state index contributed by atoms with van der Waals surface area (Å²) in [5, 5.41) is 3.97. The molecule has 1 aromatic carbocycles. The Bertz CT molecular complexity index is 1150. The van der Waals surface area contributed by atoms with Gasteiger partial charge in [0, 0.05) is 30.4 Å². The number of pyridine rings is 1. The van der Waals surface area contributed by atoms with E-state index in [1.807, 2.05) is 42.2 Å². The van der Waals surface area contributed by atoms with Crippen LogP contribution in [0.15, 0.2) is 42.7 Å². The molecule has 1 saturated heterocycles. The second-order valence-electron chi connectivity index (χ2n) is 8.35. The molecular formula is C24H25N5O2. The third-order valence-electron chi connectivity index (χ3n) is 6.04. The average molecular weight is 415 g/mol. The van der Waals surface area contributed by atoms with Gasteiger partial charge in [0.1, 0.15) is 5.82 Å². The largest absolute Gasteiger partial charge is 0.349 e. The minimum absolute atomic E-state index is 0.0705. The van der Waals surface area contributed by atoms with Crippen molar-refractivity contribution in [3.63, 3.8) is 0 Å². The van der Waals surface area contributed by atoms with E-state index in [1.54, 1.807) is 12.4 Å². The molecule has 2 aromatic heterocycles. The first kappa shape index (κ1) is 19.6. The monoisotopic (exact) mass is 415 g/mol. The molecule has 1 N–H and O–H groups in total. The van der Waals surface area contributed by atoms with Gasteiger partial charge in [0.15, 0.2) is 0 Å². The summed E-state index contributed by atoms with van der Waals surface area (Å²) in [5.74, 6) is 0.379. The molecule has 1 atom stereocenters. The van der Waals surface area contributed by atoms with Crippen LogP contribution in [-0.2, 0) is 0 Å². The van der Waals surface area contributed by atoms with Crippen LogP contribution < -0.4 is 5.32 Å². The van der Waals surface area contributed by atoms with Crippen LogP contribution in [0.3, 0.4) is 0 Å². The summed E-state index contributed by atoms with van der Waals surface area (Å²) in [5.41, 5.74) is 2.40. The van der Waals surface area contributed by atoms with Gasteiger partial charge in [-0.3, -0.25) is 14.6 Å². The van der Waals surface area contributed by atoms with E-state index >= 15 is 0 Å². The number of hydrogen-bond acceptors (Lipinski definition) is 5. The summed E-state index contributed by atoms with van der Waals surface area (Å²) in [4.78, 5) is 41.8. The van der Waals surface area contributed by atoms with E-state index in [4.69, 9.17) is 0 Å². The van der Waals surface area contributed by atoms with Gasteiger partial charge < -0.3 is 10.2 Å². The summed E-state index contributed by atoms with van der Waals surface area (Å²) in [6.07, 6.45) is 8.01. The molecule has 5 rings (SSSR count). The van der Waals surface area contributed by atoms with Gasteiger partial charge in [-0.25, -0.2) is 9.97 Å². The predicted molar refractivity (Wildman–Crippen MR) is 117 cm³/mol. The molecule has 1 saturated carbocycles. The summed E-state index contributed by atoms with van der Waals surface area (Å²) < 4.78 is 0.